The molecule has 0 aliphatic carbocycles. The third-order valence-corrected chi connectivity index (χ3v) is 3.88. The van der Waals surface area contributed by atoms with Crippen molar-refractivity contribution in [2.24, 2.45) is 0 Å². The summed E-state index contributed by atoms with van der Waals surface area (Å²) in [5, 5.41) is 0. The van der Waals surface area contributed by atoms with Gasteiger partial charge in [-0.1, -0.05) is 12.1 Å². The Kier molecular flexibility index (Phi) is 5.06. The average Bonchev–Trinajstić information content (AvgIpc) is 2.87. The van der Waals surface area contributed by atoms with E-state index >= 15 is 0 Å². The van der Waals surface area contributed by atoms with Crippen molar-refractivity contribution in [2.75, 3.05) is 26.2 Å². The van der Waals surface area contributed by atoms with Gasteiger partial charge in [0.25, 0.3) is 0 Å². The van der Waals surface area contributed by atoms with Crippen LogP contribution in [0.3, 0.4) is 0 Å². The third-order valence-electron chi connectivity index (χ3n) is 3.88. The van der Waals surface area contributed by atoms with E-state index in [1.54, 1.807) is 0 Å². The van der Waals surface area contributed by atoms with Crippen LogP contribution in [0.4, 0.5) is 0 Å². The second-order valence-corrected chi connectivity index (χ2v) is 5.30. The van der Waals surface area contributed by atoms with Gasteiger partial charge in [0.05, 0.1) is 6.61 Å². The Morgan fingerprint density at radius 2 is 1.89 bits per heavy atom. The highest BCUT2D eigenvalue weighted by Gasteiger charge is 2.10. The van der Waals surface area contributed by atoms with Crippen LogP contribution in [0.2, 0.25) is 0 Å². The monoisotopic (exact) mass is 247 g/mol. The molecule has 1 aromatic carbocycles. The third kappa shape index (κ3) is 3.74. The molecule has 1 aliphatic heterocycles. The Balaban J connectivity index is 1.64. The van der Waals surface area contributed by atoms with Gasteiger partial charge >= 0.3 is 0 Å². The van der Waals surface area contributed by atoms with Gasteiger partial charge in [0.15, 0.2) is 0 Å². The number of benzene rings is 1. The van der Waals surface area contributed by atoms with Crippen LogP contribution in [0, 0.1) is 13.8 Å². The molecule has 0 amide bonds. The first-order valence-electron chi connectivity index (χ1n) is 7.19. The second-order valence-electron chi connectivity index (χ2n) is 5.30. The van der Waals surface area contributed by atoms with Crippen molar-refractivity contribution in [3.05, 3.63) is 29.3 Å². The van der Waals surface area contributed by atoms with E-state index in [2.05, 4.69) is 36.9 Å². The lowest BCUT2D eigenvalue weighted by Crippen LogP contribution is -2.20. The number of unbranched alkanes of at least 4 members (excludes halogenated alkanes) is 1. The minimum atomic E-state index is 0.845. The van der Waals surface area contributed by atoms with Crippen LogP contribution in [0.15, 0.2) is 18.2 Å². The van der Waals surface area contributed by atoms with Crippen LogP contribution < -0.4 is 4.74 Å². The van der Waals surface area contributed by atoms with E-state index in [-0.39, 0.29) is 0 Å². The number of hydrogen-bond acceptors (Lipinski definition) is 2. The number of ether oxygens (including phenoxy) is 1. The zero-order valence-electron chi connectivity index (χ0n) is 11.7. The molecule has 1 heterocycles. The van der Waals surface area contributed by atoms with Gasteiger partial charge in [-0.15, -0.1) is 0 Å². The molecule has 100 valence electrons. The normalized spacial score (nSPS) is 16.1. The molecule has 1 aliphatic rings. The molecule has 2 heteroatoms. The lowest BCUT2D eigenvalue weighted by atomic mass is 10.1. The number of nitrogens with zero attached hydrogens (tertiary/aromatic N) is 1. The molecule has 2 nitrogen and oxygen atoms in total. The van der Waals surface area contributed by atoms with E-state index in [1.165, 1.54) is 50.0 Å². The Bertz CT molecular complexity index is 369. The highest BCUT2D eigenvalue weighted by Crippen LogP contribution is 2.20. The number of aryl methyl sites for hydroxylation is 1. The fourth-order valence-electron chi connectivity index (χ4n) is 2.51. The van der Waals surface area contributed by atoms with Crippen molar-refractivity contribution in [3.8, 4) is 5.75 Å². The summed E-state index contributed by atoms with van der Waals surface area (Å²) in [5.74, 6) is 1.05. The maximum atomic E-state index is 5.86. The molecule has 0 saturated carbocycles. The van der Waals surface area contributed by atoms with Crippen molar-refractivity contribution in [1.82, 2.24) is 4.90 Å². The number of rotatable bonds is 6. The topological polar surface area (TPSA) is 12.5 Å². The summed E-state index contributed by atoms with van der Waals surface area (Å²) in [5.41, 5.74) is 2.58. The van der Waals surface area contributed by atoms with Gasteiger partial charge in [0.1, 0.15) is 5.75 Å². The van der Waals surface area contributed by atoms with Gasteiger partial charge in [-0.3, -0.25) is 0 Å². The smallest absolute Gasteiger partial charge is 0.122 e. The van der Waals surface area contributed by atoms with E-state index in [4.69, 9.17) is 4.74 Å². The average molecular weight is 247 g/mol. The first kappa shape index (κ1) is 13.4. The molecule has 0 unspecified atom stereocenters. The molecular weight excluding hydrogens is 222 g/mol. The summed E-state index contributed by atoms with van der Waals surface area (Å²) in [6.07, 6.45) is 5.19. The van der Waals surface area contributed by atoms with Gasteiger partial charge in [-0.05, 0) is 76.4 Å². The quantitative estimate of drug-likeness (QED) is 0.713. The van der Waals surface area contributed by atoms with E-state index in [0.29, 0.717) is 0 Å². The van der Waals surface area contributed by atoms with Gasteiger partial charge in [0, 0.05) is 0 Å². The van der Waals surface area contributed by atoms with Crippen molar-refractivity contribution < 1.29 is 4.74 Å². The molecule has 18 heavy (non-hydrogen) atoms. The zero-order chi connectivity index (χ0) is 12.8. The molecule has 0 aromatic heterocycles. The molecule has 0 atom stereocenters. The van der Waals surface area contributed by atoms with Crippen molar-refractivity contribution in [1.29, 1.82) is 0 Å². The van der Waals surface area contributed by atoms with Gasteiger partial charge in [-0.2, -0.15) is 0 Å². The minimum Gasteiger partial charge on any atom is -0.493 e. The maximum absolute atomic E-state index is 5.86. The SMILES string of the molecule is Cc1cccc(OCCCCN2CCCC2)c1C. The summed E-state index contributed by atoms with van der Waals surface area (Å²) in [6, 6.07) is 6.28. The molecule has 2 rings (SSSR count). The van der Waals surface area contributed by atoms with Crippen LogP contribution in [0.5, 0.6) is 5.75 Å². The molecule has 1 fully saturated rings. The van der Waals surface area contributed by atoms with Crippen molar-refractivity contribution in [2.45, 2.75) is 39.5 Å². The first-order valence-corrected chi connectivity index (χ1v) is 7.19. The summed E-state index contributed by atoms with van der Waals surface area (Å²) in [4.78, 5) is 2.57. The molecular formula is C16H25NO. The zero-order valence-corrected chi connectivity index (χ0v) is 11.7. The Hall–Kier alpha value is -1.02. The summed E-state index contributed by atoms with van der Waals surface area (Å²) in [6.45, 7) is 8.97. The van der Waals surface area contributed by atoms with Gasteiger partial charge in [-0.25, -0.2) is 0 Å². The predicted molar refractivity (Wildman–Crippen MR) is 76.3 cm³/mol. The van der Waals surface area contributed by atoms with Crippen molar-refractivity contribution >= 4 is 0 Å². The minimum absolute atomic E-state index is 0.845. The lowest BCUT2D eigenvalue weighted by molar-refractivity contribution is 0.278. The summed E-state index contributed by atoms with van der Waals surface area (Å²) in [7, 11) is 0. The Morgan fingerprint density at radius 3 is 2.67 bits per heavy atom. The molecule has 1 saturated heterocycles. The van der Waals surface area contributed by atoms with Crippen LogP contribution >= 0.6 is 0 Å². The maximum Gasteiger partial charge on any atom is 0.122 e. The molecule has 0 N–H and O–H groups in total. The first-order chi connectivity index (χ1) is 8.77. The fraction of sp³-hybridized carbons (Fsp3) is 0.625. The largest absolute Gasteiger partial charge is 0.493 e. The lowest BCUT2D eigenvalue weighted by Gasteiger charge is -2.14. The Labute approximate surface area is 111 Å². The van der Waals surface area contributed by atoms with Crippen molar-refractivity contribution in [3.63, 3.8) is 0 Å². The van der Waals surface area contributed by atoms with Crippen LogP contribution in [-0.4, -0.2) is 31.1 Å². The van der Waals surface area contributed by atoms with E-state index in [9.17, 15) is 0 Å². The van der Waals surface area contributed by atoms with E-state index in [0.717, 1.165) is 18.8 Å². The molecule has 0 radical (unpaired) electrons. The standard InChI is InChI=1S/C16H25NO/c1-14-8-7-9-16(15(14)2)18-13-6-5-12-17-10-3-4-11-17/h7-9H,3-6,10-13H2,1-2H3. The summed E-state index contributed by atoms with van der Waals surface area (Å²) < 4.78 is 5.86. The summed E-state index contributed by atoms with van der Waals surface area (Å²) >= 11 is 0. The van der Waals surface area contributed by atoms with Crippen LogP contribution in [0.1, 0.15) is 36.8 Å². The van der Waals surface area contributed by atoms with Gasteiger partial charge in [0.2, 0.25) is 0 Å². The molecule has 0 bridgehead atoms. The fourth-order valence-corrected chi connectivity index (χ4v) is 2.51. The highest BCUT2D eigenvalue weighted by molar-refractivity contribution is 5.38. The van der Waals surface area contributed by atoms with Crippen LogP contribution in [-0.2, 0) is 0 Å². The number of likely N-dealkylation sites (tertiary alicyclic amines) is 1. The van der Waals surface area contributed by atoms with E-state index in [1.807, 2.05) is 0 Å². The van der Waals surface area contributed by atoms with Crippen LogP contribution in [0.25, 0.3) is 0 Å². The number of hydrogen-bond donors (Lipinski definition) is 0. The van der Waals surface area contributed by atoms with E-state index < -0.39 is 0 Å². The highest BCUT2D eigenvalue weighted by atomic mass is 16.5. The Morgan fingerprint density at radius 1 is 1.11 bits per heavy atom. The second kappa shape index (κ2) is 6.79. The van der Waals surface area contributed by atoms with Gasteiger partial charge < -0.3 is 9.64 Å². The predicted octanol–water partition coefficient (Wildman–Crippen LogP) is 3.56. The molecule has 0 spiro atoms. The molecule has 1 aromatic rings.